The van der Waals surface area contributed by atoms with Crippen LogP contribution in [0.2, 0.25) is 0 Å². The van der Waals surface area contributed by atoms with Crippen molar-refractivity contribution in [3.8, 4) is 0 Å². The van der Waals surface area contributed by atoms with Gasteiger partial charge in [-0.05, 0) is 132 Å². The van der Waals surface area contributed by atoms with Crippen LogP contribution in [0.25, 0.3) is 0 Å². The average molecular weight is 745 g/mol. The Labute approximate surface area is 341 Å². The van der Waals surface area contributed by atoms with Crippen molar-refractivity contribution in [2.24, 2.45) is 0 Å². The Morgan fingerprint density at radius 1 is 0.278 bits per heavy atom. The molecule has 0 aliphatic carbocycles. The van der Waals surface area contributed by atoms with Gasteiger partial charge in [0, 0.05) is 0 Å². The Hall–Kier alpha value is -1.56. The molecule has 0 aromatic heterocycles. The Morgan fingerprint density at radius 2 is 0.463 bits per heavy atom. The van der Waals surface area contributed by atoms with E-state index in [1.165, 1.54) is 231 Å². The lowest BCUT2D eigenvalue weighted by atomic mass is 9.95. The van der Waals surface area contributed by atoms with Crippen molar-refractivity contribution in [1.29, 1.82) is 0 Å². The number of aryl methyl sites for hydroxylation is 3. The van der Waals surface area contributed by atoms with Gasteiger partial charge >= 0.3 is 0 Å². The predicted octanol–water partition coefficient (Wildman–Crippen LogP) is 19.1. The third kappa shape index (κ3) is 29.7. The highest BCUT2D eigenvalue weighted by molar-refractivity contribution is 5.31. The molecular weight excluding hydrogens is 649 g/mol. The molecule has 0 heteroatoms. The van der Waals surface area contributed by atoms with E-state index in [4.69, 9.17) is 0 Å². The van der Waals surface area contributed by atoms with Gasteiger partial charge in [-0.1, -0.05) is 210 Å². The zero-order chi connectivity index (χ0) is 39.2. The number of rotatable bonds is 39. The fourth-order valence-corrected chi connectivity index (χ4v) is 8.41. The standard InChI is InChI=1S/C54H96/c1-7-49(8-2)40-34-28-22-16-13-19-25-31-37-43-52-46-53(44-38-32-26-20-14-17-23-29-35-41-50(9-3)10-4)48-54(47-52)45-39-33-27-21-15-18-24-30-36-42-51(11-5)12-6/h40-42,46-48H,7-39,43-45H2,1-6H3. The van der Waals surface area contributed by atoms with E-state index in [1.807, 2.05) is 0 Å². The summed E-state index contributed by atoms with van der Waals surface area (Å²) in [6, 6.07) is 7.79. The average Bonchev–Trinajstić information content (AvgIpc) is 3.19. The van der Waals surface area contributed by atoms with Crippen molar-refractivity contribution in [1.82, 2.24) is 0 Å². The van der Waals surface area contributed by atoms with Crippen LogP contribution in [0, 0.1) is 0 Å². The second kappa shape index (κ2) is 38.3. The Kier molecular flexibility index (Phi) is 35.8. The van der Waals surface area contributed by atoms with Crippen LogP contribution in [0.5, 0.6) is 0 Å². The van der Waals surface area contributed by atoms with E-state index in [1.54, 1.807) is 33.4 Å². The summed E-state index contributed by atoms with van der Waals surface area (Å²) in [5.74, 6) is 0. The molecule has 312 valence electrons. The molecule has 1 aromatic rings. The molecule has 1 rings (SSSR count). The molecule has 0 N–H and O–H groups in total. The van der Waals surface area contributed by atoms with Crippen LogP contribution in [0.4, 0.5) is 0 Å². The minimum absolute atomic E-state index is 1.23. The Morgan fingerprint density at radius 3 is 0.667 bits per heavy atom. The zero-order valence-electron chi connectivity index (χ0n) is 37.9. The maximum Gasteiger partial charge on any atom is -0.0279 e. The molecule has 0 saturated heterocycles. The van der Waals surface area contributed by atoms with E-state index in [-0.39, 0.29) is 0 Å². The summed E-state index contributed by atoms with van der Waals surface area (Å²) in [5, 5.41) is 0. The highest BCUT2D eigenvalue weighted by Gasteiger charge is 2.05. The van der Waals surface area contributed by atoms with Crippen molar-refractivity contribution >= 4 is 0 Å². The Bertz CT molecular complexity index is 886. The first-order valence-corrected chi connectivity index (χ1v) is 24.7. The van der Waals surface area contributed by atoms with Crippen molar-refractivity contribution in [2.75, 3.05) is 0 Å². The van der Waals surface area contributed by atoms with Crippen LogP contribution >= 0.6 is 0 Å². The van der Waals surface area contributed by atoms with E-state index in [0.717, 1.165) is 0 Å². The molecule has 0 radical (unpaired) electrons. The van der Waals surface area contributed by atoms with Crippen molar-refractivity contribution in [3.05, 3.63) is 69.8 Å². The summed E-state index contributed by atoms with van der Waals surface area (Å²) in [6.07, 6.45) is 56.6. The molecule has 0 heterocycles. The lowest BCUT2D eigenvalue weighted by Gasteiger charge is -2.11. The number of benzene rings is 1. The van der Waals surface area contributed by atoms with E-state index < -0.39 is 0 Å². The van der Waals surface area contributed by atoms with Gasteiger partial charge in [0.1, 0.15) is 0 Å². The highest BCUT2D eigenvalue weighted by Crippen LogP contribution is 2.21. The van der Waals surface area contributed by atoms with Gasteiger partial charge in [0.15, 0.2) is 0 Å². The van der Waals surface area contributed by atoms with E-state index in [9.17, 15) is 0 Å². The zero-order valence-corrected chi connectivity index (χ0v) is 37.9. The third-order valence-electron chi connectivity index (χ3n) is 12.4. The minimum Gasteiger partial charge on any atom is -0.0854 e. The predicted molar refractivity (Wildman–Crippen MR) is 248 cm³/mol. The number of allylic oxidation sites excluding steroid dienone is 6. The molecule has 0 saturated carbocycles. The van der Waals surface area contributed by atoms with Gasteiger partial charge in [-0.2, -0.15) is 0 Å². The van der Waals surface area contributed by atoms with Crippen LogP contribution in [0.3, 0.4) is 0 Å². The molecular formula is C54H96. The first-order valence-electron chi connectivity index (χ1n) is 24.7. The molecule has 1 aromatic carbocycles. The lowest BCUT2D eigenvalue weighted by molar-refractivity contribution is 0.566. The number of hydrogen-bond donors (Lipinski definition) is 0. The first kappa shape index (κ1) is 50.5. The van der Waals surface area contributed by atoms with Crippen molar-refractivity contribution in [2.45, 2.75) is 273 Å². The van der Waals surface area contributed by atoms with E-state index >= 15 is 0 Å². The summed E-state index contributed by atoms with van der Waals surface area (Å²) in [4.78, 5) is 0. The van der Waals surface area contributed by atoms with Gasteiger partial charge < -0.3 is 0 Å². The number of hydrogen-bond acceptors (Lipinski definition) is 0. The van der Waals surface area contributed by atoms with Crippen molar-refractivity contribution < 1.29 is 0 Å². The van der Waals surface area contributed by atoms with Gasteiger partial charge in [0.05, 0.1) is 0 Å². The van der Waals surface area contributed by atoms with Gasteiger partial charge in [0.2, 0.25) is 0 Å². The molecule has 0 bridgehead atoms. The second-order valence-electron chi connectivity index (χ2n) is 17.0. The fourth-order valence-electron chi connectivity index (χ4n) is 8.41. The summed E-state index contributed by atoms with van der Waals surface area (Å²) in [6.45, 7) is 13.8. The Balaban J connectivity index is 2.39. The molecule has 0 atom stereocenters. The van der Waals surface area contributed by atoms with Crippen LogP contribution in [0.15, 0.2) is 53.1 Å². The third-order valence-corrected chi connectivity index (χ3v) is 12.4. The SMILES string of the molecule is CCC(=CCCCCCCCCCCc1cc(CCCCCCCCCCC=C(CC)CC)cc(CCCCCCCCCCC=C(CC)CC)c1)CC. The van der Waals surface area contributed by atoms with Crippen LogP contribution in [-0.2, 0) is 19.3 Å². The smallest absolute Gasteiger partial charge is 0.0279 e. The fraction of sp³-hybridized carbons (Fsp3) is 0.778. The van der Waals surface area contributed by atoms with Crippen molar-refractivity contribution in [3.63, 3.8) is 0 Å². The molecule has 0 unspecified atom stereocenters. The lowest BCUT2D eigenvalue weighted by Crippen LogP contribution is -1.96. The topological polar surface area (TPSA) is 0 Å². The molecule has 0 amide bonds. The van der Waals surface area contributed by atoms with Crippen LogP contribution in [-0.4, -0.2) is 0 Å². The quantitative estimate of drug-likeness (QED) is 0.0465. The summed E-state index contributed by atoms with van der Waals surface area (Å²) < 4.78 is 0. The highest BCUT2D eigenvalue weighted by atomic mass is 14.1. The molecule has 0 nitrogen and oxygen atoms in total. The van der Waals surface area contributed by atoms with Crippen LogP contribution in [0.1, 0.15) is 270 Å². The normalized spacial score (nSPS) is 11.2. The largest absolute Gasteiger partial charge is 0.0854 e. The summed E-state index contributed by atoms with van der Waals surface area (Å²) in [5.41, 5.74) is 9.84. The summed E-state index contributed by atoms with van der Waals surface area (Å²) in [7, 11) is 0. The van der Waals surface area contributed by atoms with E-state index in [2.05, 4.69) is 78.0 Å². The van der Waals surface area contributed by atoms with Crippen LogP contribution < -0.4 is 0 Å². The van der Waals surface area contributed by atoms with Gasteiger partial charge in [-0.3, -0.25) is 0 Å². The van der Waals surface area contributed by atoms with Gasteiger partial charge in [0.25, 0.3) is 0 Å². The number of unbranched alkanes of at least 4 members (excludes halogenated alkanes) is 24. The molecule has 0 aliphatic heterocycles. The molecule has 0 aliphatic rings. The first-order chi connectivity index (χ1) is 26.6. The van der Waals surface area contributed by atoms with E-state index in [0.29, 0.717) is 0 Å². The maximum atomic E-state index is 2.60. The maximum absolute atomic E-state index is 2.60. The second-order valence-corrected chi connectivity index (χ2v) is 17.0. The monoisotopic (exact) mass is 745 g/mol. The van der Waals surface area contributed by atoms with Gasteiger partial charge in [-0.25, -0.2) is 0 Å². The molecule has 0 spiro atoms. The van der Waals surface area contributed by atoms with Gasteiger partial charge in [-0.15, -0.1) is 0 Å². The minimum atomic E-state index is 1.23. The summed E-state index contributed by atoms with van der Waals surface area (Å²) >= 11 is 0. The molecule has 54 heavy (non-hydrogen) atoms. The molecule has 0 fully saturated rings.